The summed E-state index contributed by atoms with van der Waals surface area (Å²) in [7, 11) is 0. The van der Waals surface area contributed by atoms with Gasteiger partial charge in [0.1, 0.15) is 5.78 Å². The van der Waals surface area contributed by atoms with Gasteiger partial charge in [-0.1, -0.05) is 5.92 Å². The van der Waals surface area contributed by atoms with E-state index in [1.165, 1.54) is 0 Å². The van der Waals surface area contributed by atoms with E-state index in [1.54, 1.807) is 0 Å². The number of hydrogen-bond donors (Lipinski definition) is 0. The number of carbonyl (C=O) groups is 1. The van der Waals surface area contributed by atoms with Gasteiger partial charge in [-0.05, 0) is 13.3 Å². The Morgan fingerprint density at radius 2 is 2.44 bits per heavy atom. The Labute approximate surface area is 55.4 Å². The topological polar surface area (TPSA) is 17.1 Å². The maximum Gasteiger partial charge on any atom is 0.134 e. The van der Waals surface area contributed by atoms with Crippen LogP contribution in [0.1, 0.15) is 26.2 Å². The van der Waals surface area contributed by atoms with Crippen molar-refractivity contribution in [1.29, 1.82) is 0 Å². The Bertz CT molecular complexity index is 171. The van der Waals surface area contributed by atoms with Gasteiger partial charge >= 0.3 is 0 Å². The summed E-state index contributed by atoms with van der Waals surface area (Å²) < 4.78 is 0. The average molecular weight is 122 g/mol. The summed E-state index contributed by atoms with van der Waals surface area (Å²) in [4.78, 5) is 10.7. The standard InChI is InChI=1S/C8H10O/c1-2-3-7-4-5-8(9)6-7/h7H,4-6H2,1H3. The zero-order valence-corrected chi connectivity index (χ0v) is 5.61. The molecule has 1 unspecified atom stereocenters. The van der Waals surface area contributed by atoms with Crippen molar-refractivity contribution in [2.75, 3.05) is 0 Å². The number of carbonyl (C=O) groups excluding carboxylic acids is 1. The number of ketones is 1. The van der Waals surface area contributed by atoms with Gasteiger partial charge in [0.15, 0.2) is 0 Å². The van der Waals surface area contributed by atoms with Crippen molar-refractivity contribution in [2.45, 2.75) is 26.2 Å². The third-order valence-corrected chi connectivity index (χ3v) is 1.59. The molecule has 1 fully saturated rings. The summed E-state index contributed by atoms with van der Waals surface area (Å²) in [6.07, 6.45) is 2.43. The molecule has 0 amide bonds. The van der Waals surface area contributed by atoms with E-state index in [2.05, 4.69) is 11.8 Å². The molecule has 0 aromatic rings. The first-order valence-corrected chi connectivity index (χ1v) is 3.27. The van der Waals surface area contributed by atoms with Crippen LogP contribution in [-0.4, -0.2) is 5.78 Å². The zero-order chi connectivity index (χ0) is 6.69. The second kappa shape index (κ2) is 2.68. The van der Waals surface area contributed by atoms with E-state index in [0.29, 0.717) is 18.1 Å². The highest BCUT2D eigenvalue weighted by Gasteiger charge is 2.19. The molecule has 1 atom stereocenters. The van der Waals surface area contributed by atoms with Crippen LogP contribution < -0.4 is 0 Å². The van der Waals surface area contributed by atoms with E-state index in [4.69, 9.17) is 0 Å². The molecule has 9 heavy (non-hydrogen) atoms. The van der Waals surface area contributed by atoms with Crippen LogP contribution in [-0.2, 0) is 4.79 Å². The normalized spacial score (nSPS) is 25.4. The van der Waals surface area contributed by atoms with Crippen LogP contribution in [0.15, 0.2) is 0 Å². The predicted molar refractivity (Wildman–Crippen MR) is 35.8 cm³/mol. The average Bonchev–Trinajstić information content (AvgIpc) is 2.17. The summed E-state index contributed by atoms with van der Waals surface area (Å²) in [5.74, 6) is 6.59. The van der Waals surface area contributed by atoms with Gasteiger partial charge in [-0.15, -0.1) is 5.92 Å². The van der Waals surface area contributed by atoms with Gasteiger partial charge in [-0.2, -0.15) is 0 Å². The molecule has 0 aromatic heterocycles. The molecular weight excluding hydrogens is 112 g/mol. The van der Waals surface area contributed by atoms with Gasteiger partial charge in [0.05, 0.1) is 0 Å². The van der Waals surface area contributed by atoms with Crippen LogP contribution in [0.3, 0.4) is 0 Å². The van der Waals surface area contributed by atoms with Crippen molar-refractivity contribution < 1.29 is 4.79 Å². The lowest BCUT2D eigenvalue weighted by molar-refractivity contribution is -0.117. The van der Waals surface area contributed by atoms with Gasteiger partial charge < -0.3 is 0 Å². The van der Waals surface area contributed by atoms with Gasteiger partial charge in [-0.25, -0.2) is 0 Å². The first-order chi connectivity index (χ1) is 4.33. The predicted octanol–water partition coefficient (Wildman–Crippen LogP) is 1.38. The molecule has 1 saturated carbocycles. The van der Waals surface area contributed by atoms with Crippen molar-refractivity contribution in [3.63, 3.8) is 0 Å². The van der Waals surface area contributed by atoms with E-state index in [0.717, 1.165) is 12.8 Å². The van der Waals surface area contributed by atoms with Crippen LogP contribution in [0.5, 0.6) is 0 Å². The van der Waals surface area contributed by atoms with Crippen molar-refractivity contribution in [3.05, 3.63) is 0 Å². The molecule has 1 heteroatoms. The molecule has 48 valence electrons. The fourth-order valence-corrected chi connectivity index (χ4v) is 1.14. The second-order valence-electron chi connectivity index (χ2n) is 2.37. The van der Waals surface area contributed by atoms with E-state index in [1.807, 2.05) is 6.92 Å². The van der Waals surface area contributed by atoms with Crippen LogP contribution in [0, 0.1) is 17.8 Å². The molecule has 1 nitrogen and oxygen atoms in total. The summed E-state index contributed by atoms with van der Waals surface area (Å²) in [6.45, 7) is 1.82. The molecule has 1 aliphatic rings. The highest BCUT2D eigenvalue weighted by molar-refractivity contribution is 5.81. The molecule has 1 rings (SSSR count). The Kier molecular flexibility index (Phi) is 1.89. The minimum atomic E-state index is 0.377. The lowest BCUT2D eigenvalue weighted by Gasteiger charge is -1.91. The van der Waals surface area contributed by atoms with Gasteiger partial charge in [-0.3, -0.25) is 4.79 Å². The highest BCUT2D eigenvalue weighted by Crippen LogP contribution is 2.20. The zero-order valence-electron chi connectivity index (χ0n) is 5.61. The van der Waals surface area contributed by atoms with Gasteiger partial charge in [0.25, 0.3) is 0 Å². The van der Waals surface area contributed by atoms with Crippen LogP contribution >= 0.6 is 0 Å². The maximum atomic E-state index is 10.7. The molecule has 0 bridgehead atoms. The minimum Gasteiger partial charge on any atom is -0.300 e. The van der Waals surface area contributed by atoms with E-state index in [-0.39, 0.29) is 0 Å². The number of rotatable bonds is 0. The smallest absolute Gasteiger partial charge is 0.134 e. The molecular formula is C8H10O. The SMILES string of the molecule is CC#CC1CCC(=O)C1. The molecule has 0 N–H and O–H groups in total. The van der Waals surface area contributed by atoms with Crippen molar-refractivity contribution in [1.82, 2.24) is 0 Å². The summed E-state index contributed by atoms with van der Waals surface area (Å²) in [6, 6.07) is 0. The molecule has 0 heterocycles. The summed E-state index contributed by atoms with van der Waals surface area (Å²) in [5, 5.41) is 0. The molecule has 0 spiro atoms. The Hall–Kier alpha value is -0.770. The maximum absolute atomic E-state index is 10.7. The fraction of sp³-hybridized carbons (Fsp3) is 0.625. The Morgan fingerprint density at radius 1 is 1.67 bits per heavy atom. The third-order valence-electron chi connectivity index (χ3n) is 1.59. The first-order valence-electron chi connectivity index (χ1n) is 3.27. The second-order valence-corrected chi connectivity index (χ2v) is 2.37. The largest absolute Gasteiger partial charge is 0.300 e. The highest BCUT2D eigenvalue weighted by atomic mass is 16.1. The molecule has 0 radical (unpaired) electrons. The lowest BCUT2D eigenvalue weighted by atomic mass is 10.1. The lowest BCUT2D eigenvalue weighted by Crippen LogP contribution is -1.89. The number of Topliss-reactive ketones (excluding diaryl/α,β-unsaturated/α-hetero) is 1. The van der Waals surface area contributed by atoms with Crippen molar-refractivity contribution in [2.24, 2.45) is 5.92 Å². The van der Waals surface area contributed by atoms with Gasteiger partial charge in [0, 0.05) is 18.8 Å². The summed E-state index contributed by atoms with van der Waals surface area (Å²) >= 11 is 0. The minimum absolute atomic E-state index is 0.377. The quantitative estimate of drug-likeness (QED) is 0.443. The monoisotopic (exact) mass is 122 g/mol. The molecule has 0 aromatic carbocycles. The van der Waals surface area contributed by atoms with Gasteiger partial charge in [0.2, 0.25) is 0 Å². The van der Waals surface area contributed by atoms with E-state index in [9.17, 15) is 4.79 Å². The Morgan fingerprint density at radius 3 is 2.89 bits per heavy atom. The number of hydrogen-bond acceptors (Lipinski definition) is 1. The van der Waals surface area contributed by atoms with Crippen LogP contribution in [0.2, 0.25) is 0 Å². The van der Waals surface area contributed by atoms with E-state index >= 15 is 0 Å². The van der Waals surface area contributed by atoms with Crippen LogP contribution in [0.4, 0.5) is 0 Å². The van der Waals surface area contributed by atoms with Crippen LogP contribution in [0.25, 0.3) is 0 Å². The fourth-order valence-electron chi connectivity index (χ4n) is 1.14. The molecule has 1 aliphatic carbocycles. The Balaban J connectivity index is 2.45. The first kappa shape index (κ1) is 6.35. The van der Waals surface area contributed by atoms with Crippen molar-refractivity contribution >= 4 is 5.78 Å². The summed E-state index contributed by atoms with van der Waals surface area (Å²) in [5.41, 5.74) is 0. The van der Waals surface area contributed by atoms with E-state index < -0.39 is 0 Å². The third kappa shape index (κ3) is 1.57. The molecule has 0 aliphatic heterocycles. The van der Waals surface area contributed by atoms with Crippen molar-refractivity contribution in [3.8, 4) is 11.8 Å². The molecule has 0 saturated heterocycles.